The van der Waals surface area contributed by atoms with Crippen LogP contribution in [0.4, 0.5) is 0 Å². The maximum absolute atomic E-state index is 11.4. The highest BCUT2D eigenvalue weighted by atomic mass is 16.5. The second-order valence-corrected chi connectivity index (χ2v) is 5.10. The van der Waals surface area contributed by atoms with Gasteiger partial charge in [0.2, 0.25) is 0 Å². The Morgan fingerprint density at radius 3 is 2.74 bits per heavy atom. The van der Waals surface area contributed by atoms with Crippen LogP contribution in [0.5, 0.6) is 0 Å². The van der Waals surface area contributed by atoms with Gasteiger partial charge in [0.1, 0.15) is 12.3 Å². The number of rotatable bonds is 6. The molecule has 2 N–H and O–H groups in total. The molecule has 23 heavy (non-hydrogen) atoms. The number of nitrogens with zero attached hydrogens (tertiary/aromatic N) is 2. The highest BCUT2D eigenvalue weighted by molar-refractivity contribution is 5.87. The normalized spacial score (nSPS) is 13.2. The quantitative estimate of drug-likeness (QED) is 0.658. The molecule has 1 aromatic carbocycles. The van der Waals surface area contributed by atoms with Crippen LogP contribution < -0.4 is 5.73 Å². The van der Waals surface area contributed by atoms with E-state index in [0.717, 1.165) is 5.56 Å². The Morgan fingerprint density at radius 1 is 1.39 bits per heavy atom. The minimum absolute atomic E-state index is 0.122. The first-order valence-corrected chi connectivity index (χ1v) is 7.44. The Hall–Kier alpha value is -2.82. The molecule has 0 bridgehead atoms. The van der Waals surface area contributed by atoms with Crippen molar-refractivity contribution in [1.29, 1.82) is 0 Å². The molecule has 0 saturated heterocycles. The number of nitrogens with two attached hydrogens (primary N) is 1. The van der Waals surface area contributed by atoms with Crippen molar-refractivity contribution in [2.75, 3.05) is 6.61 Å². The van der Waals surface area contributed by atoms with E-state index in [-0.39, 0.29) is 18.3 Å². The van der Waals surface area contributed by atoms with Crippen molar-refractivity contribution in [3.63, 3.8) is 0 Å². The van der Waals surface area contributed by atoms with Crippen LogP contribution >= 0.6 is 0 Å². The van der Waals surface area contributed by atoms with Crippen LogP contribution in [-0.2, 0) is 9.53 Å². The largest absolute Gasteiger partial charge is 0.457 e. The molecule has 0 saturated carbocycles. The van der Waals surface area contributed by atoms with Crippen molar-refractivity contribution in [2.45, 2.75) is 19.9 Å². The fourth-order valence-electron chi connectivity index (χ4n) is 2.07. The molecule has 0 spiro atoms. The van der Waals surface area contributed by atoms with Gasteiger partial charge in [-0.2, -0.15) is 0 Å². The molecule has 0 fully saturated rings. The van der Waals surface area contributed by atoms with Crippen LogP contribution in [0.3, 0.4) is 0 Å². The van der Waals surface area contributed by atoms with E-state index in [1.165, 1.54) is 11.6 Å². The second-order valence-electron chi connectivity index (χ2n) is 5.10. The van der Waals surface area contributed by atoms with Gasteiger partial charge in [0, 0.05) is 12.4 Å². The van der Waals surface area contributed by atoms with E-state index in [1.54, 1.807) is 19.2 Å². The van der Waals surface area contributed by atoms with Crippen LogP contribution in [0.15, 0.2) is 60.8 Å². The Balaban J connectivity index is 1.90. The Kier molecular flexibility index (Phi) is 5.74. The number of aromatic nitrogens is 2. The van der Waals surface area contributed by atoms with E-state index in [4.69, 9.17) is 10.5 Å². The lowest BCUT2D eigenvalue weighted by atomic mass is 10.1. The smallest absolute Gasteiger partial charge is 0.354 e. The molecule has 1 atom stereocenters. The first kappa shape index (κ1) is 16.5. The van der Waals surface area contributed by atoms with Crippen LogP contribution in [0.25, 0.3) is 6.08 Å². The second kappa shape index (κ2) is 7.98. The number of esters is 1. The lowest BCUT2D eigenvalue weighted by molar-refractivity contribution is -0.137. The molecule has 2 rings (SSSR count). The minimum atomic E-state index is -0.498. The highest BCUT2D eigenvalue weighted by Gasteiger charge is 2.06. The van der Waals surface area contributed by atoms with Crippen LogP contribution in [0, 0.1) is 0 Å². The van der Waals surface area contributed by atoms with Gasteiger partial charge in [-0.15, -0.1) is 0 Å². The number of allylic oxidation sites excluding steroid dienone is 1. The summed E-state index contributed by atoms with van der Waals surface area (Å²) in [7, 11) is 0. The fourth-order valence-corrected chi connectivity index (χ4v) is 2.07. The topological polar surface area (TPSA) is 70.1 Å². The van der Waals surface area contributed by atoms with Crippen molar-refractivity contribution >= 4 is 12.0 Å². The zero-order valence-electron chi connectivity index (χ0n) is 13.3. The van der Waals surface area contributed by atoms with Gasteiger partial charge in [0.15, 0.2) is 0 Å². The molecule has 0 aliphatic heterocycles. The van der Waals surface area contributed by atoms with Crippen molar-refractivity contribution in [1.82, 2.24) is 9.55 Å². The lowest BCUT2D eigenvalue weighted by Gasteiger charge is -2.13. The van der Waals surface area contributed by atoms with E-state index in [2.05, 4.69) is 28.6 Å². The molecule has 0 amide bonds. The van der Waals surface area contributed by atoms with Gasteiger partial charge >= 0.3 is 5.97 Å². The summed E-state index contributed by atoms with van der Waals surface area (Å²) >= 11 is 0. The predicted molar refractivity (Wildman–Crippen MR) is 90.4 cm³/mol. The van der Waals surface area contributed by atoms with E-state index in [0.29, 0.717) is 0 Å². The van der Waals surface area contributed by atoms with Crippen molar-refractivity contribution in [2.24, 2.45) is 5.73 Å². The number of carbonyl (C=O) groups is 1. The first-order chi connectivity index (χ1) is 11.1. The maximum atomic E-state index is 11.4. The number of imidazole rings is 1. The van der Waals surface area contributed by atoms with E-state index in [9.17, 15) is 4.79 Å². The van der Waals surface area contributed by atoms with E-state index >= 15 is 0 Å². The summed E-state index contributed by atoms with van der Waals surface area (Å²) in [5.74, 6) is -0.498. The number of benzene rings is 1. The first-order valence-electron chi connectivity index (χ1n) is 7.44. The van der Waals surface area contributed by atoms with Gasteiger partial charge in [-0.25, -0.2) is 9.78 Å². The molecule has 2 aromatic rings. The van der Waals surface area contributed by atoms with Gasteiger partial charge in [0.25, 0.3) is 0 Å². The lowest BCUT2D eigenvalue weighted by Crippen LogP contribution is -2.14. The average molecular weight is 311 g/mol. The highest BCUT2D eigenvalue weighted by Crippen LogP contribution is 2.18. The number of hydrogen-bond acceptors (Lipinski definition) is 4. The molecule has 5 nitrogen and oxygen atoms in total. The van der Waals surface area contributed by atoms with Crippen LogP contribution in [0.2, 0.25) is 0 Å². The fraction of sp³-hybridized carbons (Fsp3) is 0.222. The van der Waals surface area contributed by atoms with Crippen LogP contribution in [0.1, 0.15) is 31.0 Å². The molecule has 0 aliphatic carbocycles. The zero-order valence-corrected chi connectivity index (χ0v) is 13.3. The summed E-state index contributed by atoms with van der Waals surface area (Å²) in [5, 5.41) is 0. The Morgan fingerprint density at radius 2 is 2.13 bits per heavy atom. The summed E-state index contributed by atoms with van der Waals surface area (Å²) in [6.45, 7) is 4.01. The average Bonchev–Trinajstić information content (AvgIpc) is 3.12. The summed E-state index contributed by atoms with van der Waals surface area (Å²) < 4.78 is 7.05. The molecule has 0 radical (unpaired) electrons. The number of carbonyl (C=O) groups excluding carboxylic acids is 1. The maximum Gasteiger partial charge on any atom is 0.354 e. The van der Waals surface area contributed by atoms with Gasteiger partial charge < -0.3 is 15.0 Å². The monoisotopic (exact) mass is 311 g/mol. The molecule has 5 heteroatoms. The van der Waals surface area contributed by atoms with Gasteiger partial charge in [-0.3, -0.25) is 0 Å². The minimum Gasteiger partial charge on any atom is -0.457 e. The SMILES string of the molecule is C/C=C(\N)C(=O)OCC=Cc1ccc(C(C)n2ccnc2)cc1. The molecular weight excluding hydrogens is 290 g/mol. The summed E-state index contributed by atoms with van der Waals surface area (Å²) in [4.78, 5) is 15.4. The molecular formula is C18H21N3O2. The molecule has 1 aromatic heterocycles. The van der Waals surface area contributed by atoms with E-state index in [1.807, 2.05) is 30.7 Å². The standard InChI is InChI=1S/C18H21N3O2/c1-3-17(19)18(22)23-12-4-5-15-6-8-16(9-7-15)14(2)21-11-10-20-13-21/h3-11,13-14H,12,19H2,1-2H3/b5-4?,17-3-. The summed E-state index contributed by atoms with van der Waals surface area (Å²) in [6, 6.07) is 8.45. The van der Waals surface area contributed by atoms with Crippen LogP contribution in [-0.4, -0.2) is 22.1 Å². The predicted octanol–water partition coefficient (Wildman–Crippen LogP) is 2.91. The molecule has 1 unspecified atom stereocenters. The number of hydrogen-bond donors (Lipinski definition) is 1. The summed E-state index contributed by atoms with van der Waals surface area (Å²) in [5.41, 5.74) is 7.82. The van der Waals surface area contributed by atoms with Gasteiger partial charge in [-0.05, 0) is 31.1 Å². The van der Waals surface area contributed by atoms with Gasteiger partial charge in [-0.1, -0.05) is 36.4 Å². The van der Waals surface area contributed by atoms with E-state index < -0.39 is 5.97 Å². The Bertz CT molecular complexity index is 686. The molecule has 0 aliphatic rings. The third-order valence-electron chi connectivity index (χ3n) is 3.56. The zero-order chi connectivity index (χ0) is 16.7. The Labute approximate surface area is 136 Å². The van der Waals surface area contributed by atoms with Crippen molar-refractivity contribution in [3.05, 3.63) is 72.0 Å². The molecule has 1 heterocycles. The summed E-state index contributed by atoms with van der Waals surface area (Å²) in [6.07, 6.45) is 10.7. The van der Waals surface area contributed by atoms with Crippen molar-refractivity contribution < 1.29 is 9.53 Å². The third-order valence-corrected chi connectivity index (χ3v) is 3.56. The number of ether oxygens (including phenoxy) is 1. The van der Waals surface area contributed by atoms with Crippen molar-refractivity contribution in [3.8, 4) is 0 Å². The third kappa shape index (κ3) is 4.57. The van der Waals surface area contributed by atoms with Gasteiger partial charge in [0.05, 0.1) is 12.4 Å². The molecule has 120 valence electrons.